The minimum absolute atomic E-state index is 0.139. The van der Waals surface area contributed by atoms with E-state index < -0.39 is 0 Å². The maximum Gasteiger partial charge on any atom is 0.323 e. The van der Waals surface area contributed by atoms with Crippen LogP contribution < -0.4 is 11.0 Å². The van der Waals surface area contributed by atoms with E-state index in [1.165, 1.54) is 5.56 Å². The maximum absolute atomic E-state index is 11.2. The van der Waals surface area contributed by atoms with Crippen molar-refractivity contribution in [2.24, 2.45) is 0 Å². The van der Waals surface area contributed by atoms with Crippen LogP contribution in [0.5, 0.6) is 0 Å². The molecule has 0 aliphatic carbocycles. The number of rotatable bonds is 4. The molecular weight excluding hydrogens is 228 g/mol. The third kappa shape index (κ3) is 2.19. The number of imidazole rings is 1. The molecular formula is C13H18N4O. The van der Waals surface area contributed by atoms with Crippen LogP contribution in [0.4, 0.5) is 0 Å². The lowest BCUT2D eigenvalue weighted by Crippen LogP contribution is -2.56. The summed E-state index contributed by atoms with van der Waals surface area (Å²) in [6.07, 6.45) is 1.01. The number of hydrogen-bond acceptors (Lipinski definition) is 3. The molecule has 5 heteroatoms. The number of fused-ring (bicyclic) bond motifs is 1. The molecule has 2 heterocycles. The number of likely N-dealkylation sites (N-methyl/N-ethyl adjacent to an activating group) is 1. The van der Waals surface area contributed by atoms with E-state index in [0.29, 0.717) is 6.04 Å². The lowest BCUT2D eigenvalue weighted by Gasteiger charge is -2.35. The summed E-state index contributed by atoms with van der Waals surface area (Å²) in [4.78, 5) is 19.1. The van der Waals surface area contributed by atoms with Crippen molar-refractivity contribution in [3.05, 3.63) is 34.2 Å². The SMILES string of the molecule is CN(CCc1ccc2[nH]c(=O)[nH]c2c1)C1CNC1. The van der Waals surface area contributed by atoms with Gasteiger partial charge in [-0.3, -0.25) is 0 Å². The maximum atomic E-state index is 11.2. The van der Waals surface area contributed by atoms with Crippen molar-refractivity contribution in [2.45, 2.75) is 12.5 Å². The Kier molecular flexibility index (Phi) is 2.93. The zero-order chi connectivity index (χ0) is 12.5. The van der Waals surface area contributed by atoms with Crippen molar-refractivity contribution in [3.63, 3.8) is 0 Å². The van der Waals surface area contributed by atoms with Crippen LogP contribution in [0.25, 0.3) is 11.0 Å². The van der Waals surface area contributed by atoms with Gasteiger partial charge in [-0.15, -0.1) is 0 Å². The van der Waals surface area contributed by atoms with Gasteiger partial charge in [0.2, 0.25) is 0 Å². The summed E-state index contributed by atoms with van der Waals surface area (Å²) in [6, 6.07) is 6.79. The van der Waals surface area contributed by atoms with Gasteiger partial charge in [0, 0.05) is 25.7 Å². The van der Waals surface area contributed by atoms with Crippen molar-refractivity contribution in [1.82, 2.24) is 20.2 Å². The second-order valence-electron chi connectivity index (χ2n) is 5.00. The predicted octanol–water partition coefficient (Wildman–Crippen LogP) is 0.302. The monoisotopic (exact) mass is 246 g/mol. The highest BCUT2D eigenvalue weighted by molar-refractivity contribution is 5.74. The number of hydrogen-bond donors (Lipinski definition) is 3. The Morgan fingerprint density at radius 3 is 2.78 bits per heavy atom. The zero-order valence-electron chi connectivity index (χ0n) is 10.5. The van der Waals surface area contributed by atoms with E-state index in [0.717, 1.165) is 37.1 Å². The number of nitrogens with one attached hydrogen (secondary N) is 3. The summed E-state index contributed by atoms with van der Waals surface area (Å²) in [5, 5.41) is 3.28. The minimum Gasteiger partial charge on any atom is -0.314 e. The lowest BCUT2D eigenvalue weighted by molar-refractivity contribution is 0.182. The second-order valence-corrected chi connectivity index (χ2v) is 5.00. The summed E-state index contributed by atoms with van der Waals surface area (Å²) >= 11 is 0. The van der Waals surface area contributed by atoms with E-state index in [1.54, 1.807) is 0 Å². The number of aromatic nitrogens is 2. The standard InChI is InChI=1S/C13H18N4O/c1-17(10-7-14-8-10)5-4-9-2-3-11-12(6-9)16-13(18)15-11/h2-3,6,10,14H,4-5,7-8H2,1H3,(H2,15,16,18). The molecule has 0 saturated carbocycles. The fraction of sp³-hybridized carbons (Fsp3) is 0.462. The summed E-state index contributed by atoms with van der Waals surface area (Å²) in [5.74, 6) is 0. The van der Waals surface area contributed by atoms with Gasteiger partial charge < -0.3 is 20.2 Å². The van der Waals surface area contributed by atoms with Crippen LogP contribution in [0.3, 0.4) is 0 Å². The van der Waals surface area contributed by atoms with Crippen LogP contribution in [0.15, 0.2) is 23.0 Å². The van der Waals surface area contributed by atoms with Crippen LogP contribution in [0, 0.1) is 0 Å². The number of aromatic amines is 2. The van der Waals surface area contributed by atoms with Crippen molar-refractivity contribution in [1.29, 1.82) is 0 Å². The van der Waals surface area contributed by atoms with Crippen LogP contribution in [-0.2, 0) is 6.42 Å². The molecule has 1 aromatic heterocycles. The Hall–Kier alpha value is -1.59. The molecule has 0 radical (unpaired) electrons. The van der Waals surface area contributed by atoms with Gasteiger partial charge in [0.15, 0.2) is 0 Å². The number of H-pyrrole nitrogens is 2. The van der Waals surface area contributed by atoms with Gasteiger partial charge in [0.05, 0.1) is 11.0 Å². The zero-order valence-corrected chi connectivity index (χ0v) is 10.5. The Bertz CT molecular complexity index is 596. The fourth-order valence-electron chi connectivity index (χ4n) is 2.31. The Balaban J connectivity index is 1.68. The van der Waals surface area contributed by atoms with Gasteiger partial charge >= 0.3 is 5.69 Å². The molecule has 0 bridgehead atoms. The average molecular weight is 246 g/mol. The summed E-state index contributed by atoms with van der Waals surface area (Å²) in [5.41, 5.74) is 2.89. The van der Waals surface area contributed by atoms with Gasteiger partial charge in [-0.1, -0.05) is 6.07 Å². The van der Waals surface area contributed by atoms with E-state index in [9.17, 15) is 4.79 Å². The topological polar surface area (TPSA) is 63.9 Å². The molecule has 1 aliphatic heterocycles. The van der Waals surface area contributed by atoms with E-state index in [2.05, 4.69) is 39.4 Å². The summed E-state index contributed by atoms with van der Waals surface area (Å²) in [6.45, 7) is 3.24. The quantitative estimate of drug-likeness (QED) is 0.727. The van der Waals surface area contributed by atoms with Gasteiger partial charge in [0.25, 0.3) is 0 Å². The molecule has 3 rings (SSSR count). The second kappa shape index (κ2) is 4.59. The van der Waals surface area contributed by atoms with E-state index in [1.807, 2.05) is 6.07 Å². The highest BCUT2D eigenvalue weighted by Gasteiger charge is 2.20. The summed E-state index contributed by atoms with van der Waals surface area (Å²) in [7, 11) is 2.17. The molecule has 0 unspecified atom stereocenters. The van der Waals surface area contributed by atoms with Crippen LogP contribution in [0.2, 0.25) is 0 Å². The first-order chi connectivity index (χ1) is 8.72. The first-order valence-corrected chi connectivity index (χ1v) is 6.34. The van der Waals surface area contributed by atoms with Crippen LogP contribution in [0.1, 0.15) is 5.56 Å². The van der Waals surface area contributed by atoms with Crippen molar-refractivity contribution in [2.75, 3.05) is 26.7 Å². The fourth-order valence-corrected chi connectivity index (χ4v) is 2.31. The first kappa shape index (κ1) is 11.5. The molecule has 0 amide bonds. The molecule has 1 fully saturated rings. The van der Waals surface area contributed by atoms with Gasteiger partial charge in [-0.2, -0.15) is 0 Å². The molecule has 5 nitrogen and oxygen atoms in total. The summed E-state index contributed by atoms with van der Waals surface area (Å²) < 4.78 is 0. The normalized spacial score (nSPS) is 16.3. The molecule has 0 spiro atoms. The van der Waals surface area contributed by atoms with Gasteiger partial charge in [0.1, 0.15) is 0 Å². The van der Waals surface area contributed by atoms with Gasteiger partial charge in [-0.05, 0) is 31.2 Å². The molecule has 18 heavy (non-hydrogen) atoms. The van der Waals surface area contributed by atoms with Crippen molar-refractivity contribution >= 4 is 11.0 Å². The molecule has 1 aliphatic rings. The van der Waals surface area contributed by atoms with E-state index in [-0.39, 0.29) is 5.69 Å². The average Bonchev–Trinajstić information content (AvgIpc) is 2.63. The molecule has 1 aromatic carbocycles. The molecule has 1 saturated heterocycles. The molecule has 3 N–H and O–H groups in total. The predicted molar refractivity (Wildman–Crippen MR) is 71.9 cm³/mol. The largest absolute Gasteiger partial charge is 0.323 e. The Labute approximate surface area is 105 Å². The molecule has 2 aromatic rings. The lowest BCUT2D eigenvalue weighted by atomic mass is 10.1. The third-order valence-electron chi connectivity index (χ3n) is 3.72. The number of nitrogens with zero attached hydrogens (tertiary/aromatic N) is 1. The Morgan fingerprint density at radius 2 is 2.06 bits per heavy atom. The van der Waals surface area contributed by atoms with Crippen LogP contribution in [-0.4, -0.2) is 47.6 Å². The highest BCUT2D eigenvalue weighted by atomic mass is 16.1. The molecule has 0 atom stereocenters. The molecule has 96 valence electrons. The van der Waals surface area contributed by atoms with Crippen molar-refractivity contribution in [3.8, 4) is 0 Å². The third-order valence-corrected chi connectivity index (χ3v) is 3.72. The smallest absolute Gasteiger partial charge is 0.314 e. The van der Waals surface area contributed by atoms with E-state index in [4.69, 9.17) is 0 Å². The van der Waals surface area contributed by atoms with E-state index >= 15 is 0 Å². The Morgan fingerprint density at radius 1 is 1.28 bits per heavy atom. The van der Waals surface area contributed by atoms with Gasteiger partial charge in [-0.25, -0.2) is 4.79 Å². The highest BCUT2D eigenvalue weighted by Crippen LogP contribution is 2.12. The van der Waals surface area contributed by atoms with Crippen LogP contribution >= 0.6 is 0 Å². The minimum atomic E-state index is -0.139. The number of benzene rings is 1. The first-order valence-electron chi connectivity index (χ1n) is 6.34. The van der Waals surface area contributed by atoms with Crippen molar-refractivity contribution < 1.29 is 0 Å².